The van der Waals surface area contributed by atoms with E-state index in [1.807, 2.05) is 6.07 Å². The largest absolute Gasteiger partial charge is 0.493 e. The summed E-state index contributed by atoms with van der Waals surface area (Å²) in [6.45, 7) is 2.11. The van der Waals surface area contributed by atoms with Crippen LogP contribution in [0.4, 0.5) is 0 Å². The average Bonchev–Trinajstić information content (AvgIpc) is 2.29. The molecule has 0 spiro atoms. The van der Waals surface area contributed by atoms with Crippen LogP contribution in [0.25, 0.3) is 0 Å². The van der Waals surface area contributed by atoms with Gasteiger partial charge in [0.1, 0.15) is 0 Å². The van der Waals surface area contributed by atoms with Crippen molar-refractivity contribution in [2.24, 2.45) is 0 Å². The number of fused-ring (bicyclic) bond motifs is 1. The maximum absolute atomic E-state index is 6.40. The third kappa shape index (κ3) is 1.75. The molecule has 1 aliphatic rings. The molecule has 0 saturated carbocycles. The van der Waals surface area contributed by atoms with Crippen molar-refractivity contribution in [3.63, 3.8) is 0 Å². The van der Waals surface area contributed by atoms with Gasteiger partial charge in [0.25, 0.3) is 0 Å². The molecule has 0 bridgehead atoms. The second-order valence-corrected chi connectivity index (χ2v) is 4.71. The minimum atomic E-state index is 0.0486. The maximum atomic E-state index is 6.40. The summed E-state index contributed by atoms with van der Waals surface area (Å²) in [6.07, 6.45) is 3.25. The van der Waals surface area contributed by atoms with Gasteiger partial charge in [-0.2, -0.15) is 0 Å². The highest BCUT2D eigenvalue weighted by atomic mass is 35.5. The van der Waals surface area contributed by atoms with Crippen molar-refractivity contribution in [1.82, 2.24) is 0 Å². The Kier molecular flexibility index (Phi) is 3.29. The summed E-state index contributed by atoms with van der Waals surface area (Å²) in [5, 5.41) is 0.0486. The second-order valence-electron chi connectivity index (χ2n) is 4.18. The molecule has 0 aromatic heterocycles. The summed E-state index contributed by atoms with van der Waals surface area (Å²) in [7, 11) is 3.33. The molecule has 16 heavy (non-hydrogen) atoms. The van der Waals surface area contributed by atoms with Crippen LogP contribution in [-0.4, -0.2) is 14.2 Å². The number of ether oxygens (including phenoxy) is 2. The molecule has 0 N–H and O–H groups in total. The first-order chi connectivity index (χ1) is 7.69. The zero-order chi connectivity index (χ0) is 11.7. The smallest absolute Gasteiger partial charge is 0.165 e. The molecule has 1 atom stereocenters. The lowest BCUT2D eigenvalue weighted by atomic mass is 9.87. The number of hydrogen-bond acceptors (Lipinski definition) is 2. The van der Waals surface area contributed by atoms with E-state index in [1.165, 1.54) is 11.1 Å². The Morgan fingerprint density at radius 1 is 1.31 bits per heavy atom. The van der Waals surface area contributed by atoms with Crippen LogP contribution < -0.4 is 9.47 Å². The predicted molar refractivity (Wildman–Crippen MR) is 65.8 cm³/mol. The maximum Gasteiger partial charge on any atom is 0.165 e. The van der Waals surface area contributed by atoms with E-state index in [-0.39, 0.29) is 5.38 Å². The molecular weight excluding hydrogens is 224 g/mol. The Labute approximate surface area is 102 Å². The van der Waals surface area contributed by atoms with Gasteiger partial charge in [-0.05, 0) is 43.4 Å². The first-order valence-electron chi connectivity index (χ1n) is 5.57. The number of methoxy groups -OCH3 is 2. The Bertz CT molecular complexity index is 401. The third-order valence-electron chi connectivity index (χ3n) is 3.24. The fraction of sp³-hybridized carbons (Fsp3) is 0.538. The highest BCUT2D eigenvalue weighted by Crippen LogP contribution is 2.46. The lowest BCUT2D eigenvalue weighted by Gasteiger charge is -2.26. The summed E-state index contributed by atoms with van der Waals surface area (Å²) in [4.78, 5) is 0. The zero-order valence-electron chi connectivity index (χ0n) is 9.97. The molecule has 0 fully saturated rings. The summed E-state index contributed by atoms with van der Waals surface area (Å²) in [5.41, 5.74) is 3.72. The average molecular weight is 241 g/mol. The van der Waals surface area contributed by atoms with Gasteiger partial charge in [-0.1, -0.05) is 0 Å². The monoisotopic (exact) mass is 240 g/mol. The predicted octanol–water partition coefficient (Wildman–Crippen LogP) is 3.63. The normalized spacial score (nSPS) is 19.1. The van der Waals surface area contributed by atoms with Gasteiger partial charge >= 0.3 is 0 Å². The van der Waals surface area contributed by atoms with E-state index in [4.69, 9.17) is 21.1 Å². The van der Waals surface area contributed by atoms with Gasteiger partial charge in [0.05, 0.1) is 19.6 Å². The molecule has 1 aromatic carbocycles. The molecule has 1 unspecified atom stereocenters. The molecular formula is C13H17ClO2. The van der Waals surface area contributed by atoms with Crippen molar-refractivity contribution >= 4 is 11.6 Å². The molecule has 0 saturated heterocycles. The lowest BCUT2D eigenvalue weighted by Crippen LogP contribution is -2.10. The van der Waals surface area contributed by atoms with Gasteiger partial charge in [0.15, 0.2) is 11.5 Å². The molecule has 0 radical (unpaired) electrons. The van der Waals surface area contributed by atoms with E-state index in [0.29, 0.717) is 0 Å². The van der Waals surface area contributed by atoms with Crippen molar-refractivity contribution in [2.45, 2.75) is 31.6 Å². The van der Waals surface area contributed by atoms with E-state index in [1.54, 1.807) is 14.2 Å². The van der Waals surface area contributed by atoms with Crippen LogP contribution >= 0.6 is 11.6 Å². The summed E-state index contributed by atoms with van der Waals surface area (Å²) < 4.78 is 10.8. The van der Waals surface area contributed by atoms with Crippen molar-refractivity contribution < 1.29 is 9.47 Å². The third-order valence-corrected chi connectivity index (χ3v) is 3.68. The topological polar surface area (TPSA) is 18.5 Å². The molecule has 3 heteroatoms. The van der Waals surface area contributed by atoms with Crippen molar-refractivity contribution in [2.75, 3.05) is 14.2 Å². The highest BCUT2D eigenvalue weighted by molar-refractivity contribution is 6.21. The molecule has 1 aromatic rings. The van der Waals surface area contributed by atoms with Gasteiger partial charge in [-0.25, -0.2) is 0 Å². The molecule has 0 heterocycles. The first-order valence-corrected chi connectivity index (χ1v) is 6.01. The van der Waals surface area contributed by atoms with Crippen molar-refractivity contribution in [1.29, 1.82) is 0 Å². The quantitative estimate of drug-likeness (QED) is 0.735. The van der Waals surface area contributed by atoms with Crippen LogP contribution in [0.2, 0.25) is 0 Å². The summed E-state index contributed by atoms with van der Waals surface area (Å²) in [5.74, 6) is 1.59. The van der Waals surface area contributed by atoms with Gasteiger partial charge in [-0.15, -0.1) is 11.6 Å². The molecule has 2 nitrogen and oxygen atoms in total. The highest BCUT2D eigenvalue weighted by Gasteiger charge is 2.26. The van der Waals surface area contributed by atoms with E-state index in [2.05, 4.69) is 6.92 Å². The van der Waals surface area contributed by atoms with Crippen molar-refractivity contribution in [3.8, 4) is 11.5 Å². The number of halogens is 1. The molecule has 0 amide bonds. The minimum absolute atomic E-state index is 0.0486. The van der Waals surface area contributed by atoms with Crippen LogP contribution in [0.1, 0.15) is 34.9 Å². The number of hydrogen-bond donors (Lipinski definition) is 0. The fourth-order valence-corrected chi connectivity index (χ4v) is 2.84. The number of alkyl halides is 1. The Hall–Kier alpha value is -0.890. The second kappa shape index (κ2) is 4.54. The Morgan fingerprint density at radius 3 is 2.69 bits per heavy atom. The summed E-state index contributed by atoms with van der Waals surface area (Å²) in [6, 6.07) is 2.03. The fourth-order valence-electron chi connectivity index (χ4n) is 2.46. The van der Waals surface area contributed by atoms with Crippen LogP contribution in [0.5, 0.6) is 11.5 Å². The van der Waals surface area contributed by atoms with Gasteiger partial charge in [-0.3, -0.25) is 0 Å². The Morgan fingerprint density at radius 2 is 2.06 bits per heavy atom. The van der Waals surface area contributed by atoms with E-state index in [9.17, 15) is 0 Å². The van der Waals surface area contributed by atoms with Crippen LogP contribution in [-0.2, 0) is 6.42 Å². The minimum Gasteiger partial charge on any atom is -0.493 e. The van der Waals surface area contributed by atoms with E-state index in [0.717, 1.165) is 36.3 Å². The number of rotatable bonds is 2. The van der Waals surface area contributed by atoms with Crippen molar-refractivity contribution in [3.05, 3.63) is 22.8 Å². The number of aryl methyl sites for hydroxylation is 1. The lowest BCUT2D eigenvalue weighted by molar-refractivity contribution is 0.348. The van der Waals surface area contributed by atoms with Crippen LogP contribution in [0.3, 0.4) is 0 Å². The molecule has 2 rings (SSSR count). The number of benzene rings is 1. The molecule has 88 valence electrons. The van der Waals surface area contributed by atoms with E-state index < -0.39 is 0 Å². The molecule has 0 aliphatic heterocycles. The van der Waals surface area contributed by atoms with Gasteiger partial charge in [0, 0.05) is 5.56 Å². The molecule has 1 aliphatic carbocycles. The van der Waals surface area contributed by atoms with E-state index >= 15 is 0 Å². The van der Waals surface area contributed by atoms with Gasteiger partial charge in [0.2, 0.25) is 0 Å². The SMILES string of the molecule is COc1cc(C)c2c(c1OC)C(Cl)CCC2. The van der Waals surface area contributed by atoms with Gasteiger partial charge < -0.3 is 9.47 Å². The van der Waals surface area contributed by atoms with Crippen LogP contribution in [0.15, 0.2) is 6.07 Å². The first kappa shape index (κ1) is 11.6. The van der Waals surface area contributed by atoms with Crippen LogP contribution in [0, 0.1) is 6.92 Å². The standard InChI is InChI=1S/C13H17ClO2/c1-8-7-11(15-2)13(16-3)12-9(8)5-4-6-10(12)14/h7,10H,4-6H2,1-3H3. The summed E-state index contributed by atoms with van der Waals surface area (Å²) >= 11 is 6.40. The Balaban J connectivity index is 2.65. The zero-order valence-corrected chi connectivity index (χ0v) is 10.7.